The summed E-state index contributed by atoms with van der Waals surface area (Å²) >= 11 is 1.49. The number of nitrogens with zero attached hydrogens (tertiary/aromatic N) is 2. The smallest absolute Gasteiger partial charge is 0.412 e. The molecule has 10 heteroatoms. The molecule has 4 atom stereocenters. The van der Waals surface area contributed by atoms with E-state index in [-0.39, 0.29) is 12.3 Å². The monoisotopic (exact) mass is 675 g/mol. The van der Waals surface area contributed by atoms with Crippen LogP contribution in [0, 0.1) is 0 Å². The van der Waals surface area contributed by atoms with Gasteiger partial charge in [0.1, 0.15) is 18.0 Å². The SMILES string of the molecule is CC(=C/[C@@H]1Cc2nc(cs2)[C@@H](C)C[C@@H](NC(=O)Oc2ccccc2)CC(=O)O[C@@H](C)C/C(C)=C/C=C\C(=O)O1)/C=C/C(C)=C/CN(C)C. The Balaban J connectivity index is 1.86. The van der Waals surface area contributed by atoms with E-state index in [0.717, 1.165) is 34.0 Å². The van der Waals surface area contributed by atoms with Crippen molar-refractivity contribution in [2.24, 2.45) is 0 Å². The second-order valence-corrected chi connectivity index (χ2v) is 13.5. The van der Waals surface area contributed by atoms with E-state index in [1.54, 1.807) is 36.4 Å². The van der Waals surface area contributed by atoms with Crippen LogP contribution in [0.1, 0.15) is 70.5 Å². The quantitative estimate of drug-likeness (QED) is 0.238. The number of nitrogens with one attached hydrogen (secondary N) is 1. The Bertz CT molecular complexity index is 1520. The average molecular weight is 676 g/mol. The van der Waals surface area contributed by atoms with E-state index in [9.17, 15) is 14.4 Å². The molecule has 0 fully saturated rings. The fourth-order valence-corrected chi connectivity index (χ4v) is 5.97. The predicted molar refractivity (Wildman–Crippen MR) is 191 cm³/mol. The van der Waals surface area contributed by atoms with Gasteiger partial charge < -0.3 is 24.4 Å². The number of para-hydroxylation sites is 1. The molecular formula is C38H49N3O6S. The Morgan fingerprint density at radius 2 is 1.79 bits per heavy atom. The summed E-state index contributed by atoms with van der Waals surface area (Å²) in [6.07, 6.45) is 12.7. The third-order valence-corrected chi connectivity index (χ3v) is 8.33. The number of allylic oxidation sites excluding steroid dienone is 6. The van der Waals surface area contributed by atoms with Crippen LogP contribution in [-0.2, 0) is 25.5 Å². The van der Waals surface area contributed by atoms with Gasteiger partial charge in [-0.2, -0.15) is 0 Å². The van der Waals surface area contributed by atoms with Gasteiger partial charge in [0.05, 0.1) is 17.1 Å². The van der Waals surface area contributed by atoms with Crippen molar-refractivity contribution in [2.45, 2.75) is 84.5 Å². The van der Waals surface area contributed by atoms with E-state index >= 15 is 0 Å². The maximum Gasteiger partial charge on any atom is 0.412 e. The Labute approximate surface area is 289 Å². The van der Waals surface area contributed by atoms with Crippen LogP contribution < -0.4 is 10.1 Å². The number of esters is 2. The Kier molecular flexibility index (Phi) is 15.5. The number of carbonyl (C=O) groups is 3. The Hall–Kier alpha value is -4.28. The van der Waals surface area contributed by atoms with Crippen molar-refractivity contribution >= 4 is 29.4 Å². The van der Waals surface area contributed by atoms with E-state index in [4.69, 9.17) is 19.2 Å². The molecule has 0 aliphatic carbocycles. The van der Waals surface area contributed by atoms with E-state index in [0.29, 0.717) is 25.0 Å². The zero-order chi connectivity index (χ0) is 35.1. The van der Waals surface area contributed by atoms with Crippen molar-refractivity contribution in [1.82, 2.24) is 15.2 Å². The third kappa shape index (κ3) is 14.6. The second-order valence-electron chi connectivity index (χ2n) is 12.6. The number of rotatable bonds is 7. The number of aromatic nitrogens is 1. The maximum absolute atomic E-state index is 13.0. The number of fused-ring (bicyclic) bond motifs is 2. The van der Waals surface area contributed by atoms with Crippen molar-refractivity contribution in [3.8, 4) is 5.75 Å². The molecule has 1 aromatic heterocycles. The van der Waals surface area contributed by atoms with Gasteiger partial charge in [0, 0.05) is 42.8 Å². The molecule has 2 heterocycles. The lowest BCUT2D eigenvalue weighted by molar-refractivity contribution is -0.148. The molecule has 2 bridgehead atoms. The molecule has 1 aromatic carbocycles. The number of benzene rings is 1. The zero-order valence-corrected chi connectivity index (χ0v) is 29.9. The highest BCUT2D eigenvalue weighted by Crippen LogP contribution is 2.26. The molecule has 1 N–H and O–H groups in total. The lowest BCUT2D eigenvalue weighted by Gasteiger charge is -2.22. The fraction of sp³-hybridized carbons (Fsp3) is 0.421. The fourth-order valence-electron chi connectivity index (χ4n) is 5.01. The number of ether oxygens (including phenoxy) is 3. The molecule has 0 saturated heterocycles. The summed E-state index contributed by atoms with van der Waals surface area (Å²) in [7, 11) is 4.05. The first-order valence-corrected chi connectivity index (χ1v) is 17.1. The summed E-state index contributed by atoms with van der Waals surface area (Å²) in [5, 5.41) is 5.64. The van der Waals surface area contributed by atoms with Crippen LogP contribution in [0.5, 0.6) is 5.75 Å². The van der Waals surface area contributed by atoms with Gasteiger partial charge in [-0.15, -0.1) is 11.3 Å². The van der Waals surface area contributed by atoms with E-state index in [1.807, 2.05) is 71.5 Å². The van der Waals surface area contributed by atoms with E-state index in [1.165, 1.54) is 17.4 Å². The number of carbonyl (C=O) groups excluding carboxylic acids is 3. The minimum Gasteiger partial charge on any atom is -0.462 e. The zero-order valence-electron chi connectivity index (χ0n) is 29.1. The molecule has 48 heavy (non-hydrogen) atoms. The molecule has 0 unspecified atom stereocenters. The second kappa shape index (κ2) is 19.5. The highest BCUT2D eigenvalue weighted by Gasteiger charge is 2.25. The van der Waals surface area contributed by atoms with Crippen molar-refractivity contribution in [3.63, 3.8) is 0 Å². The van der Waals surface area contributed by atoms with Crippen LogP contribution in [0.4, 0.5) is 4.79 Å². The first-order chi connectivity index (χ1) is 22.9. The standard InChI is InChI=1S/C38H49N3O6S/c1-26(18-19-41(6)7)16-17-28(3)21-33-24-35-40-34(25-48-35)29(4)22-31(39-38(44)47-32-13-9-8-10-14-32)23-37(43)45-30(5)20-27(2)12-11-15-36(42)46-33/h8-18,21,25,29-31,33H,19-20,22-24H2,1-7H3,(H,39,44)/b15-11-,17-16+,26-18+,27-12+,28-21-/t29-,30-,31+,33+/m0/s1. The summed E-state index contributed by atoms with van der Waals surface area (Å²) in [5.74, 6) is -0.582. The number of thiazole rings is 1. The molecule has 3 rings (SSSR count). The Morgan fingerprint density at radius 1 is 1.06 bits per heavy atom. The molecule has 1 aliphatic heterocycles. The molecule has 0 spiro atoms. The van der Waals surface area contributed by atoms with Crippen LogP contribution >= 0.6 is 11.3 Å². The van der Waals surface area contributed by atoms with Gasteiger partial charge in [-0.3, -0.25) is 4.79 Å². The lowest BCUT2D eigenvalue weighted by atomic mass is 9.97. The van der Waals surface area contributed by atoms with Crippen LogP contribution in [0.3, 0.4) is 0 Å². The first kappa shape index (κ1) is 38.2. The molecule has 0 radical (unpaired) electrons. The first-order valence-electron chi connectivity index (χ1n) is 16.3. The number of cyclic esters (lactones) is 2. The van der Waals surface area contributed by atoms with Crippen molar-refractivity contribution < 1.29 is 28.6 Å². The van der Waals surface area contributed by atoms with Gasteiger partial charge in [-0.1, -0.05) is 72.2 Å². The summed E-state index contributed by atoms with van der Waals surface area (Å²) < 4.78 is 17.0. The van der Waals surface area contributed by atoms with E-state index < -0.39 is 36.3 Å². The van der Waals surface area contributed by atoms with Gasteiger partial charge in [0.15, 0.2) is 0 Å². The normalized spacial score (nSPS) is 24.0. The molecule has 258 valence electrons. The lowest BCUT2D eigenvalue weighted by Crippen LogP contribution is -2.39. The third-order valence-electron chi connectivity index (χ3n) is 7.44. The number of hydrogen-bond acceptors (Lipinski definition) is 9. The molecule has 2 aromatic rings. The summed E-state index contributed by atoms with van der Waals surface area (Å²) in [5.41, 5.74) is 3.85. The predicted octanol–water partition coefficient (Wildman–Crippen LogP) is 7.49. The van der Waals surface area contributed by atoms with Gasteiger partial charge in [-0.25, -0.2) is 14.6 Å². The summed E-state index contributed by atoms with van der Waals surface area (Å²) in [6.45, 7) is 10.6. The summed E-state index contributed by atoms with van der Waals surface area (Å²) in [6, 6.07) is 8.21. The van der Waals surface area contributed by atoms with Crippen LogP contribution in [-0.4, -0.2) is 66.8 Å². The molecule has 9 nitrogen and oxygen atoms in total. The minimum atomic E-state index is -0.647. The van der Waals surface area contributed by atoms with Crippen LogP contribution in [0.2, 0.25) is 0 Å². The Morgan fingerprint density at radius 3 is 2.52 bits per heavy atom. The van der Waals surface area contributed by atoms with Gasteiger partial charge >= 0.3 is 18.0 Å². The number of hydrogen-bond donors (Lipinski definition) is 1. The van der Waals surface area contributed by atoms with Crippen LogP contribution in [0.25, 0.3) is 0 Å². The number of amides is 1. The topological polar surface area (TPSA) is 107 Å². The van der Waals surface area contributed by atoms with Crippen molar-refractivity contribution in [2.75, 3.05) is 20.6 Å². The van der Waals surface area contributed by atoms with Gasteiger partial charge in [0.25, 0.3) is 0 Å². The minimum absolute atomic E-state index is 0.0238. The maximum atomic E-state index is 13.0. The molecule has 0 saturated carbocycles. The largest absolute Gasteiger partial charge is 0.462 e. The van der Waals surface area contributed by atoms with Crippen LogP contribution in [0.15, 0.2) is 95.0 Å². The average Bonchev–Trinajstić information content (AvgIpc) is 3.47. The molecule has 1 aliphatic rings. The van der Waals surface area contributed by atoms with E-state index in [2.05, 4.69) is 23.2 Å². The summed E-state index contributed by atoms with van der Waals surface area (Å²) in [4.78, 5) is 45.6. The molecule has 1 amide bonds. The van der Waals surface area contributed by atoms with Crippen molar-refractivity contribution in [1.29, 1.82) is 0 Å². The highest BCUT2D eigenvalue weighted by molar-refractivity contribution is 7.09. The van der Waals surface area contributed by atoms with Gasteiger partial charge in [-0.05, 0) is 66.4 Å². The molecular weight excluding hydrogens is 627 g/mol. The van der Waals surface area contributed by atoms with Crippen molar-refractivity contribution in [3.05, 3.63) is 106 Å². The highest BCUT2D eigenvalue weighted by atomic mass is 32.1. The number of likely N-dealkylation sites (N-methyl/N-ethyl adjacent to an activating group) is 1. The van der Waals surface area contributed by atoms with Gasteiger partial charge in [0.2, 0.25) is 0 Å².